The molecule has 0 spiro atoms. The van der Waals surface area contributed by atoms with Crippen LogP contribution in [0.3, 0.4) is 0 Å². The number of benzene rings is 2. The van der Waals surface area contributed by atoms with Crippen molar-refractivity contribution in [2.24, 2.45) is 0 Å². The Morgan fingerprint density at radius 3 is 2.27 bits per heavy atom. The molecule has 0 radical (unpaired) electrons. The number of amides is 3. The summed E-state index contributed by atoms with van der Waals surface area (Å²) in [5.74, 6) is -3.06. The van der Waals surface area contributed by atoms with Gasteiger partial charge in [-0.2, -0.15) is 0 Å². The maximum absolute atomic E-state index is 14.0. The van der Waals surface area contributed by atoms with Crippen molar-refractivity contribution < 1.29 is 23.2 Å². The van der Waals surface area contributed by atoms with Crippen molar-refractivity contribution in [2.45, 2.75) is 89.0 Å². The highest BCUT2D eigenvalue weighted by Gasteiger charge is 2.51. The lowest BCUT2D eigenvalue weighted by atomic mass is 9.96. The van der Waals surface area contributed by atoms with E-state index in [1.165, 1.54) is 55.5 Å². The van der Waals surface area contributed by atoms with Gasteiger partial charge in [0, 0.05) is 30.8 Å². The highest BCUT2D eigenvalue weighted by atomic mass is 35.5. The van der Waals surface area contributed by atoms with Crippen LogP contribution in [0.15, 0.2) is 41.3 Å². The van der Waals surface area contributed by atoms with Gasteiger partial charge in [0.1, 0.15) is 18.2 Å². The monoisotopic (exact) mass is 606 g/mol. The fourth-order valence-corrected chi connectivity index (χ4v) is 6.39. The minimum Gasteiger partial charge on any atom is -0.343 e. The highest BCUT2D eigenvalue weighted by molar-refractivity contribution is 7.97. The molecule has 1 saturated carbocycles. The van der Waals surface area contributed by atoms with Crippen LogP contribution in [-0.2, 0) is 20.8 Å². The average Bonchev–Trinajstić information content (AvgIpc) is 2.85. The zero-order chi connectivity index (χ0) is 29.8. The van der Waals surface area contributed by atoms with Crippen molar-refractivity contribution in [2.75, 3.05) is 13.1 Å². The van der Waals surface area contributed by atoms with Crippen LogP contribution in [0.4, 0.5) is 8.78 Å². The predicted octanol–water partition coefficient (Wildman–Crippen LogP) is 5.33. The molecule has 3 amide bonds. The molecule has 7 nitrogen and oxygen atoms in total. The molecule has 2 aliphatic heterocycles. The summed E-state index contributed by atoms with van der Waals surface area (Å²) in [6.07, 6.45) is 5.47. The second-order valence-corrected chi connectivity index (χ2v) is 12.6. The minimum atomic E-state index is -1.02. The number of nitrogens with one attached hydrogen (secondary N) is 1. The van der Waals surface area contributed by atoms with E-state index in [0.29, 0.717) is 10.6 Å². The van der Waals surface area contributed by atoms with Gasteiger partial charge in [0.15, 0.2) is 11.6 Å². The third kappa shape index (κ3) is 7.40. The van der Waals surface area contributed by atoms with E-state index in [1.54, 1.807) is 4.90 Å². The van der Waals surface area contributed by atoms with Gasteiger partial charge in [-0.1, -0.05) is 49.4 Å². The summed E-state index contributed by atoms with van der Waals surface area (Å²) in [6, 6.07) is 7.13. The molecule has 3 fully saturated rings. The van der Waals surface area contributed by atoms with Gasteiger partial charge >= 0.3 is 0 Å². The number of rotatable bonds is 6. The number of carbonyl (C=O) groups is 3. The van der Waals surface area contributed by atoms with Crippen molar-refractivity contribution in [1.82, 2.24) is 19.4 Å². The highest BCUT2D eigenvalue weighted by Crippen LogP contribution is 2.38. The first kappa shape index (κ1) is 31.3. The molecule has 41 heavy (non-hydrogen) atoms. The van der Waals surface area contributed by atoms with Crippen LogP contribution >= 0.6 is 23.5 Å². The summed E-state index contributed by atoms with van der Waals surface area (Å²) >= 11 is 7.87. The normalized spacial score (nSPS) is 22.6. The van der Waals surface area contributed by atoms with Crippen LogP contribution in [0, 0.1) is 18.6 Å². The molecule has 3 aliphatic rings. The lowest BCUT2D eigenvalue weighted by Crippen LogP contribution is -2.74. The number of hydrogen-bond donors (Lipinski definition) is 1. The minimum absolute atomic E-state index is 0.00191. The molecule has 1 aliphatic carbocycles. The Morgan fingerprint density at radius 1 is 1.02 bits per heavy atom. The quantitative estimate of drug-likeness (QED) is 0.450. The van der Waals surface area contributed by atoms with Gasteiger partial charge in [-0.25, -0.2) is 13.1 Å². The summed E-state index contributed by atoms with van der Waals surface area (Å²) in [5, 5.41) is 3.25. The summed E-state index contributed by atoms with van der Waals surface area (Å²) in [5.41, 5.74) is 1.39. The molecule has 2 saturated heterocycles. The van der Waals surface area contributed by atoms with E-state index >= 15 is 0 Å². The molecule has 222 valence electrons. The molecule has 5 rings (SSSR count). The number of halogens is 3. The van der Waals surface area contributed by atoms with Gasteiger partial charge in [-0.3, -0.25) is 14.4 Å². The zero-order valence-electron chi connectivity index (χ0n) is 23.8. The van der Waals surface area contributed by atoms with E-state index in [2.05, 4.69) is 5.32 Å². The lowest BCUT2D eigenvalue weighted by Gasteiger charge is -2.54. The van der Waals surface area contributed by atoms with Gasteiger partial charge in [0.2, 0.25) is 17.7 Å². The standard InChI is InChI=1S/C26H29ClF2N4O3S.C4H8/c1-14(2)31-13-24-32(37-23-8-5-15(3)9-18(23)27)12-21(30-16(4)34)25(35)33(24)22(26(31)36)11-17-6-7-19(28)20(29)10-17;1-2-4-3-1/h5-10,14,21-22,24H,11-13H2,1-4H3,(H,30,34);1-4H2. The third-order valence-electron chi connectivity index (χ3n) is 7.55. The molecule has 2 heterocycles. The smallest absolute Gasteiger partial charge is 0.248 e. The molecular formula is C30H37ClF2N4O3S. The lowest BCUT2D eigenvalue weighted by molar-refractivity contribution is -0.168. The summed E-state index contributed by atoms with van der Waals surface area (Å²) in [6.45, 7) is 7.49. The van der Waals surface area contributed by atoms with Gasteiger partial charge in [0.25, 0.3) is 0 Å². The summed E-state index contributed by atoms with van der Waals surface area (Å²) in [4.78, 5) is 43.2. The van der Waals surface area contributed by atoms with Crippen LogP contribution < -0.4 is 5.32 Å². The first-order chi connectivity index (χ1) is 19.5. The number of piperazine rings is 1. The molecule has 0 bridgehead atoms. The van der Waals surface area contributed by atoms with Gasteiger partial charge < -0.3 is 15.1 Å². The summed E-state index contributed by atoms with van der Waals surface area (Å²) < 4.78 is 29.5. The number of carbonyl (C=O) groups excluding carboxylic acids is 3. The van der Waals surface area contributed by atoms with Crippen LogP contribution in [0.1, 0.15) is 57.6 Å². The van der Waals surface area contributed by atoms with Gasteiger partial charge in [-0.15, -0.1) is 0 Å². The van der Waals surface area contributed by atoms with Crippen molar-refractivity contribution >= 4 is 41.3 Å². The first-order valence-corrected chi connectivity index (χ1v) is 15.2. The molecule has 1 N–H and O–H groups in total. The Morgan fingerprint density at radius 2 is 1.71 bits per heavy atom. The Labute approximate surface area is 249 Å². The molecule has 3 atom stereocenters. The van der Waals surface area contributed by atoms with E-state index in [4.69, 9.17) is 11.6 Å². The van der Waals surface area contributed by atoms with Crippen LogP contribution in [0.5, 0.6) is 0 Å². The summed E-state index contributed by atoms with van der Waals surface area (Å²) in [7, 11) is 0. The SMILES string of the molecule is C1CCC1.CC(=O)NC1CN(Sc2ccc(C)cc2Cl)C2CN(C(C)C)C(=O)C(Cc3ccc(F)c(F)c3)N2C1=O. The third-order valence-corrected chi connectivity index (χ3v) is 9.15. The van der Waals surface area contributed by atoms with Gasteiger partial charge in [-0.05, 0) is 68.1 Å². The molecule has 0 aromatic heterocycles. The first-order valence-electron chi connectivity index (χ1n) is 14.0. The van der Waals surface area contributed by atoms with E-state index in [0.717, 1.165) is 22.6 Å². The van der Waals surface area contributed by atoms with Gasteiger partial charge in [0.05, 0.1) is 11.6 Å². The topological polar surface area (TPSA) is 73.0 Å². The zero-order valence-corrected chi connectivity index (χ0v) is 25.4. The molecule has 2 aromatic carbocycles. The van der Waals surface area contributed by atoms with E-state index in [-0.39, 0.29) is 37.4 Å². The maximum atomic E-state index is 14.0. The Kier molecular flexibility index (Phi) is 10.3. The Bertz CT molecular complexity index is 1290. The number of aryl methyl sites for hydroxylation is 1. The van der Waals surface area contributed by atoms with Crippen molar-refractivity contribution in [3.05, 3.63) is 64.2 Å². The van der Waals surface area contributed by atoms with Crippen LogP contribution in [0.25, 0.3) is 0 Å². The van der Waals surface area contributed by atoms with E-state index in [9.17, 15) is 23.2 Å². The largest absolute Gasteiger partial charge is 0.343 e. The second-order valence-electron chi connectivity index (χ2n) is 11.1. The maximum Gasteiger partial charge on any atom is 0.248 e. The van der Waals surface area contributed by atoms with Crippen molar-refractivity contribution in [1.29, 1.82) is 0 Å². The molecule has 11 heteroatoms. The van der Waals surface area contributed by atoms with Crippen LogP contribution in [-0.4, -0.2) is 69.2 Å². The fourth-order valence-electron chi connectivity index (χ4n) is 5.01. The number of fused-ring (bicyclic) bond motifs is 1. The number of hydrogen-bond acceptors (Lipinski definition) is 5. The molecule has 2 aromatic rings. The Balaban J connectivity index is 0.000000890. The van der Waals surface area contributed by atoms with Crippen molar-refractivity contribution in [3.8, 4) is 0 Å². The van der Waals surface area contributed by atoms with Crippen molar-refractivity contribution in [3.63, 3.8) is 0 Å². The number of nitrogens with zero attached hydrogens (tertiary/aromatic N) is 3. The Hall–Kier alpha value is -2.69. The molecule has 3 unspecified atom stereocenters. The van der Waals surface area contributed by atoms with E-state index in [1.807, 2.05) is 43.3 Å². The van der Waals surface area contributed by atoms with Crippen LogP contribution in [0.2, 0.25) is 5.02 Å². The second kappa shape index (κ2) is 13.5. The predicted molar refractivity (Wildman–Crippen MR) is 156 cm³/mol. The van der Waals surface area contributed by atoms with E-state index < -0.39 is 35.8 Å². The molecular weight excluding hydrogens is 570 g/mol. The fraction of sp³-hybridized carbons (Fsp3) is 0.500. The average molecular weight is 607 g/mol.